The van der Waals surface area contributed by atoms with Gasteiger partial charge in [-0.3, -0.25) is 4.79 Å². The molecule has 1 amide bonds. The smallest absolute Gasteiger partial charge is 0.251 e. The zero-order valence-electron chi connectivity index (χ0n) is 22.8. The number of rotatable bonds is 14. The summed E-state index contributed by atoms with van der Waals surface area (Å²) in [6, 6.07) is 21.8. The number of ether oxygens (including phenoxy) is 2. The third kappa shape index (κ3) is 7.15. The molecule has 0 spiro atoms. The van der Waals surface area contributed by atoms with Gasteiger partial charge < -0.3 is 19.4 Å². The van der Waals surface area contributed by atoms with E-state index in [1.807, 2.05) is 24.3 Å². The van der Waals surface area contributed by atoms with Crippen LogP contribution in [0.1, 0.15) is 59.4 Å². The highest BCUT2D eigenvalue weighted by atomic mass is 16.5. The molecule has 0 aliphatic heterocycles. The highest BCUT2D eigenvalue weighted by Crippen LogP contribution is 2.22. The van der Waals surface area contributed by atoms with Crippen molar-refractivity contribution in [2.75, 3.05) is 20.3 Å². The van der Waals surface area contributed by atoms with Crippen molar-refractivity contribution >= 4 is 16.9 Å². The molecule has 0 unspecified atom stereocenters. The van der Waals surface area contributed by atoms with E-state index in [1.54, 1.807) is 19.2 Å². The normalized spacial score (nSPS) is 11.0. The summed E-state index contributed by atoms with van der Waals surface area (Å²) < 4.78 is 13.6. The fraction of sp³-hybridized carbons (Fsp3) is 0.375. The lowest BCUT2D eigenvalue weighted by molar-refractivity contribution is 0.0952. The van der Waals surface area contributed by atoms with Crippen molar-refractivity contribution < 1.29 is 14.3 Å². The third-order valence-electron chi connectivity index (χ3n) is 7.02. The highest BCUT2D eigenvalue weighted by molar-refractivity contribution is 5.94. The number of fused-ring (bicyclic) bond motifs is 1. The van der Waals surface area contributed by atoms with Crippen molar-refractivity contribution in [3.8, 4) is 11.5 Å². The molecule has 3 aromatic carbocycles. The van der Waals surface area contributed by atoms with E-state index in [-0.39, 0.29) is 5.91 Å². The van der Waals surface area contributed by atoms with Crippen molar-refractivity contribution in [3.63, 3.8) is 0 Å². The maximum absolute atomic E-state index is 12.4. The van der Waals surface area contributed by atoms with Crippen LogP contribution < -0.4 is 14.8 Å². The second kappa shape index (κ2) is 13.7. The number of benzene rings is 3. The summed E-state index contributed by atoms with van der Waals surface area (Å²) in [5, 5.41) is 3.01. The maximum atomic E-state index is 12.4. The van der Waals surface area contributed by atoms with Crippen LogP contribution in [-0.4, -0.2) is 35.7 Å². The minimum Gasteiger partial charge on any atom is -0.497 e. The first-order chi connectivity index (χ1) is 18.6. The lowest BCUT2D eigenvalue weighted by atomic mass is 10.1. The van der Waals surface area contributed by atoms with Crippen molar-refractivity contribution in [3.05, 3.63) is 89.2 Å². The number of amides is 1. The van der Waals surface area contributed by atoms with Gasteiger partial charge in [-0.05, 0) is 87.1 Å². The Labute approximate surface area is 226 Å². The Balaban J connectivity index is 1.22. The molecule has 6 heteroatoms. The maximum Gasteiger partial charge on any atom is 0.251 e. The minimum atomic E-state index is -0.0627. The van der Waals surface area contributed by atoms with Crippen LogP contribution in [0, 0.1) is 13.8 Å². The summed E-state index contributed by atoms with van der Waals surface area (Å²) in [4.78, 5) is 17.3. The summed E-state index contributed by atoms with van der Waals surface area (Å²) in [6.45, 7) is 6.54. The summed E-state index contributed by atoms with van der Waals surface area (Å²) in [7, 11) is 1.60. The molecule has 6 nitrogen and oxygen atoms in total. The molecule has 0 radical (unpaired) electrons. The molecule has 0 aliphatic rings. The number of carbonyl (C=O) groups excluding carboxylic acids is 1. The first-order valence-electron chi connectivity index (χ1n) is 13.6. The number of unbranched alkanes of at least 4 members (excludes halogenated alkanes) is 3. The summed E-state index contributed by atoms with van der Waals surface area (Å²) in [5.74, 6) is 2.75. The Bertz CT molecular complexity index is 1350. The van der Waals surface area contributed by atoms with E-state index in [1.165, 1.54) is 16.6 Å². The summed E-state index contributed by atoms with van der Waals surface area (Å²) in [5.41, 5.74) is 5.35. The topological polar surface area (TPSA) is 65.4 Å². The lowest BCUT2D eigenvalue weighted by Crippen LogP contribution is -2.24. The number of imidazole rings is 1. The van der Waals surface area contributed by atoms with E-state index >= 15 is 0 Å². The van der Waals surface area contributed by atoms with Gasteiger partial charge in [-0.25, -0.2) is 4.98 Å². The Morgan fingerprint density at radius 3 is 2.63 bits per heavy atom. The van der Waals surface area contributed by atoms with Crippen LogP contribution in [0.25, 0.3) is 11.0 Å². The summed E-state index contributed by atoms with van der Waals surface area (Å²) in [6.07, 6.45) is 5.96. The zero-order chi connectivity index (χ0) is 26.7. The van der Waals surface area contributed by atoms with Crippen molar-refractivity contribution in [2.24, 2.45) is 0 Å². The molecule has 38 heavy (non-hydrogen) atoms. The largest absolute Gasteiger partial charge is 0.497 e. The molecule has 1 N–H and O–H groups in total. The van der Waals surface area contributed by atoms with E-state index in [2.05, 4.69) is 54.1 Å². The van der Waals surface area contributed by atoms with E-state index in [9.17, 15) is 4.79 Å². The monoisotopic (exact) mass is 513 g/mol. The number of carbonyl (C=O) groups is 1. The zero-order valence-corrected chi connectivity index (χ0v) is 22.8. The van der Waals surface area contributed by atoms with Crippen LogP contribution >= 0.6 is 0 Å². The number of hydrogen-bond donors (Lipinski definition) is 1. The van der Waals surface area contributed by atoms with Crippen LogP contribution in [0.5, 0.6) is 11.5 Å². The van der Waals surface area contributed by atoms with Crippen molar-refractivity contribution in [1.29, 1.82) is 0 Å². The van der Waals surface area contributed by atoms with Crippen LogP contribution in [0.4, 0.5) is 0 Å². The second-order valence-corrected chi connectivity index (χ2v) is 9.72. The number of hydrogen-bond acceptors (Lipinski definition) is 4. The standard InChI is InChI=1S/C32H39N3O3/c1-24-13-11-18-30(25(24)2)38-22-10-9-21-35-29-17-7-6-16-28(29)34-31(35)19-5-4-8-20-33-32(36)26-14-12-15-27(23-26)37-3/h6-7,11-18,23H,4-5,8-10,19-22H2,1-3H3,(H,33,36). The predicted molar refractivity (Wildman–Crippen MR) is 153 cm³/mol. The molecule has 0 atom stereocenters. The molecule has 1 heterocycles. The number of para-hydroxylation sites is 2. The van der Waals surface area contributed by atoms with Gasteiger partial charge in [-0.1, -0.05) is 36.8 Å². The van der Waals surface area contributed by atoms with Gasteiger partial charge in [0.2, 0.25) is 0 Å². The molecule has 0 bridgehead atoms. The van der Waals surface area contributed by atoms with Crippen molar-refractivity contribution in [2.45, 2.75) is 58.9 Å². The molecule has 0 fully saturated rings. The quantitative estimate of drug-likeness (QED) is 0.191. The molecule has 0 saturated heterocycles. The third-order valence-corrected chi connectivity index (χ3v) is 7.02. The number of nitrogens with one attached hydrogen (secondary N) is 1. The van der Waals surface area contributed by atoms with Crippen LogP contribution in [0.2, 0.25) is 0 Å². The van der Waals surface area contributed by atoms with Crippen LogP contribution in [0.3, 0.4) is 0 Å². The van der Waals surface area contributed by atoms with Gasteiger partial charge in [0, 0.05) is 25.1 Å². The average molecular weight is 514 g/mol. The molecule has 4 aromatic rings. The molecule has 4 rings (SSSR count). The van der Waals surface area contributed by atoms with Crippen LogP contribution in [-0.2, 0) is 13.0 Å². The van der Waals surface area contributed by atoms with Gasteiger partial charge in [0.1, 0.15) is 17.3 Å². The van der Waals surface area contributed by atoms with Gasteiger partial charge >= 0.3 is 0 Å². The summed E-state index contributed by atoms with van der Waals surface area (Å²) >= 11 is 0. The number of aromatic nitrogens is 2. The minimum absolute atomic E-state index is 0.0627. The Morgan fingerprint density at radius 1 is 0.921 bits per heavy atom. The van der Waals surface area contributed by atoms with Gasteiger partial charge in [0.25, 0.3) is 5.91 Å². The van der Waals surface area contributed by atoms with Gasteiger partial charge in [-0.15, -0.1) is 0 Å². The first-order valence-corrected chi connectivity index (χ1v) is 13.6. The molecular weight excluding hydrogens is 474 g/mol. The molecule has 200 valence electrons. The first kappa shape index (κ1) is 27.2. The molecular formula is C32H39N3O3. The van der Waals surface area contributed by atoms with Gasteiger partial charge in [-0.2, -0.15) is 0 Å². The Hall–Kier alpha value is -3.80. The fourth-order valence-corrected chi connectivity index (χ4v) is 4.65. The molecule has 1 aromatic heterocycles. The van der Waals surface area contributed by atoms with E-state index in [0.29, 0.717) is 24.5 Å². The van der Waals surface area contributed by atoms with Gasteiger partial charge in [0.05, 0.1) is 24.8 Å². The number of aryl methyl sites for hydroxylation is 3. The fourth-order valence-electron chi connectivity index (χ4n) is 4.65. The molecule has 0 aliphatic carbocycles. The highest BCUT2D eigenvalue weighted by Gasteiger charge is 2.11. The Morgan fingerprint density at radius 2 is 1.76 bits per heavy atom. The second-order valence-electron chi connectivity index (χ2n) is 9.72. The van der Waals surface area contributed by atoms with Crippen LogP contribution in [0.15, 0.2) is 66.7 Å². The van der Waals surface area contributed by atoms with E-state index in [4.69, 9.17) is 14.5 Å². The molecule has 0 saturated carbocycles. The average Bonchev–Trinajstić information content (AvgIpc) is 3.29. The SMILES string of the molecule is COc1cccc(C(=O)NCCCCCc2nc3ccccc3n2CCCCOc2cccc(C)c2C)c1. The van der Waals surface area contributed by atoms with E-state index < -0.39 is 0 Å². The van der Waals surface area contributed by atoms with E-state index in [0.717, 1.165) is 62.2 Å². The van der Waals surface area contributed by atoms with Crippen molar-refractivity contribution in [1.82, 2.24) is 14.9 Å². The number of nitrogens with zero attached hydrogens (tertiary/aromatic N) is 2. The predicted octanol–water partition coefficient (Wildman–Crippen LogP) is 6.66. The van der Waals surface area contributed by atoms with Gasteiger partial charge in [0.15, 0.2) is 0 Å². The Kier molecular flexibility index (Phi) is 9.79. The lowest BCUT2D eigenvalue weighted by Gasteiger charge is -2.12. The number of methoxy groups -OCH3 is 1.